The first-order chi connectivity index (χ1) is 12.1. The number of aromatic nitrogens is 2. The average Bonchev–Trinajstić information content (AvgIpc) is 3.08. The van der Waals surface area contributed by atoms with Crippen molar-refractivity contribution in [2.75, 3.05) is 6.54 Å². The monoisotopic (exact) mass is 335 g/mol. The number of nitrogens with one attached hydrogen (secondary N) is 1. The predicted octanol–water partition coefficient (Wildman–Crippen LogP) is 3.72. The van der Waals surface area contributed by atoms with Crippen molar-refractivity contribution in [3.63, 3.8) is 0 Å². The van der Waals surface area contributed by atoms with Crippen molar-refractivity contribution in [2.45, 2.75) is 26.7 Å². The van der Waals surface area contributed by atoms with Gasteiger partial charge in [0.15, 0.2) is 0 Å². The van der Waals surface area contributed by atoms with Crippen LogP contribution in [0.2, 0.25) is 0 Å². The first-order valence-electron chi connectivity index (χ1n) is 8.36. The number of nitrogens with zero attached hydrogens (tertiary/aromatic N) is 2. The summed E-state index contributed by atoms with van der Waals surface area (Å²) < 4.78 is 5.28. The molecule has 0 aliphatic heterocycles. The minimum atomic E-state index is -0.0606. The third-order valence-electron chi connectivity index (χ3n) is 3.91. The first kappa shape index (κ1) is 16.9. The molecule has 25 heavy (non-hydrogen) atoms. The number of rotatable bonds is 6. The van der Waals surface area contributed by atoms with Gasteiger partial charge >= 0.3 is 0 Å². The second kappa shape index (κ2) is 7.75. The van der Waals surface area contributed by atoms with Crippen LogP contribution >= 0.6 is 0 Å². The third kappa shape index (κ3) is 4.53. The molecule has 0 unspecified atom stereocenters. The van der Waals surface area contributed by atoms with Crippen LogP contribution in [-0.2, 0) is 6.42 Å². The maximum Gasteiger partial charge on any atom is 0.251 e. The molecule has 5 nitrogen and oxygen atoms in total. The van der Waals surface area contributed by atoms with Gasteiger partial charge in [-0.25, -0.2) is 0 Å². The van der Waals surface area contributed by atoms with E-state index in [1.165, 1.54) is 5.56 Å². The molecule has 2 aromatic carbocycles. The zero-order valence-corrected chi connectivity index (χ0v) is 14.5. The van der Waals surface area contributed by atoms with Crippen LogP contribution in [0.15, 0.2) is 53.1 Å². The molecule has 0 bridgehead atoms. The van der Waals surface area contributed by atoms with Gasteiger partial charge in [-0.05, 0) is 32.4 Å². The van der Waals surface area contributed by atoms with Gasteiger partial charge in [0.1, 0.15) is 0 Å². The van der Waals surface area contributed by atoms with Crippen LogP contribution in [0, 0.1) is 13.8 Å². The second-order valence-corrected chi connectivity index (χ2v) is 6.11. The van der Waals surface area contributed by atoms with Gasteiger partial charge in [0.05, 0.1) is 0 Å². The Kier molecular flexibility index (Phi) is 5.23. The summed E-state index contributed by atoms with van der Waals surface area (Å²) in [5.74, 6) is 1.12. The summed E-state index contributed by atoms with van der Waals surface area (Å²) in [6.07, 6.45) is 1.38. The van der Waals surface area contributed by atoms with Crippen LogP contribution < -0.4 is 5.32 Å². The van der Waals surface area contributed by atoms with E-state index in [2.05, 4.69) is 15.5 Å². The molecule has 3 rings (SSSR count). The normalized spacial score (nSPS) is 10.6. The Morgan fingerprint density at radius 3 is 2.64 bits per heavy atom. The van der Waals surface area contributed by atoms with Crippen LogP contribution in [0.3, 0.4) is 0 Å². The van der Waals surface area contributed by atoms with E-state index in [0.717, 1.165) is 17.5 Å². The number of carbonyl (C=O) groups is 1. The number of hydrogen-bond acceptors (Lipinski definition) is 4. The summed E-state index contributed by atoms with van der Waals surface area (Å²) in [4.78, 5) is 16.5. The van der Waals surface area contributed by atoms with Crippen molar-refractivity contribution < 1.29 is 9.32 Å². The summed E-state index contributed by atoms with van der Waals surface area (Å²) in [7, 11) is 0. The number of aryl methyl sites for hydroxylation is 3. The van der Waals surface area contributed by atoms with Crippen molar-refractivity contribution in [1.29, 1.82) is 0 Å². The van der Waals surface area contributed by atoms with Gasteiger partial charge in [0.2, 0.25) is 11.7 Å². The van der Waals surface area contributed by atoms with Crippen LogP contribution in [0.4, 0.5) is 0 Å². The number of carbonyl (C=O) groups excluding carboxylic acids is 1. The van der Waals surface area contributed by atoms with Crippen molar-refractivity contribution in [1.82, 2.24) is 15.5 Å². The van der Waals surface area contributed by atoms with Crippen LogP contribution in [0.1, 0.15) is 33.8 Å². The molecule has 0 saturated carbocycles. The minimum absolute atomic E-state index is 0.0606. The molecule has 1 N–H and O–H groups in total. The largest absolute Gasteiger partial charge is 0.352 e. The fraction of sp³-hybridized carbons (Fsp3) is 0.250. The fourth-order valence-electron chi connectivity index (χ4n) is 2.51. The quantitative estimate of drug-likeness (QED) is 0.697. The predicted molar refractivity (Wildman–Crippen MR) is 96.3 cm³/mol. The molecule has 1 heterocycles. The number of hydrogen-bond donors (Lipinski definition) is 1. The van der Waals surface area contributed by atoms with Crippen LogP contribution in [0.5, 0.6) is 0 Å². The van der Waals surface area contributed by atoms with Crippen molar-refractivity contribution in [2.24, 2.45) is 0 Å². The molecular formula is C20H21N3O2. The van der Waals surface area contributed by atoms with E-state index in [-0.39, 0.29) is 5.91 Å². The van der Waals surface area contributed by atoms with Crippen LogP contribution in [-0.4, -0.2) is 22.6 Å². The molecule has 0 spiro atoms. The van der Waals surface area contributed by atoms with E-state index in [4.69, 9.17) is 4.52 Å². The van der Waals surface area contributed by atoms with E-state index in [9.17, 15) is 4.79 Å². The molecule has 1 amide bonds. The molecular weight excluding hydrogens is 314 g/mol. The van der Waals surface area contributed by atoms with E-state index >= 15 is 0 Å². The van der Waals surface area contributed by atoms with Gasteiger partial charge < -0.3 is 9.84 Å². The van der Waals surface area contributed by atoms with Gasteiger partial charge in [0, 0.05) is 24.1 Å². The van der Waals surface area contributed by atoms with E-state index in [1.54, 1.807) is 0 Å². The lowest BCUT2D eigenvalue weighted by atomic mass is 10.1. The zero-order chi connectivity index (χ0) is 17.6. The zero-order valence-electron chi connectivity index (χ0n) is 14.5. The van der Waals surface area contributed by atoms with Crippen molar-refractivity contribution in [3.8, 4) is 11.4 Å². The number of benzene rings is 2. The summed E-state index contributed by atoms with van der Waals surface area (Å²) in [6.45, 7) is 4.57. The summed E-state index contributed by atoms with van der Waals surface area (Å²) in [5, 5.41) is 6.93. The maximum absolute atomic E-state index is 12.1. The highest BCUT2D eigenvalue weighted by atomic mass is 16.5. The SMILES string of the molecule is Cc1ccc(-c2noc(CCCNC(=O)c3cccc(C)c3)n2)cc1. The number of amides is 1. The fourth-order valence-corrected chi connectivity index (χ4v) is 2.51. The van der Waals surface area contributed by atoms with Gasteiger partial charge in [-0.2, -0.15) is 4.98 Å². The molecule has 0 aliphatic rings. The third-order valence-corrected chi connectivity index (χ3v) is 3.91. The standard InChI is InChI=1S/C20H21N3O2/c1-14-8-10-16(11-9-14)19-22-18(25-23-19)7-4-12-21-20(24)17-6-3-5-15(2)13-17/h3,5-6,8-11,13H,4,7,12H2,1-2H3,(H,21,24). The molecule has 0 atom stereocenters. The Morgan fingerprint density at radius 1 is 1.08 bits per heavy atom. The molecule has 0 fully saturated rings. The van der Waals surface area contributed by atoms with E-state index in [1.807, 2.05) is 62.4 Å². The molecule has 128 valence electrons. The highest BCUT2D eigenvalue weighted by Crippen LogP contribution is 2.16. The lowest BCUT2D eigenvalue weighted by Gasteiger charge is -2.04. The Bertz CT molecular complexity index is 853. The molecule has 0 aliphatic carbocycles. The summed E-state index contributed by atoms with van der Waals surface area (Å²) in [6, 6.07) is 15.5. The van der Waals surface area contributed by atoms with Crippen molar-refractivity contribution >= 4 is 5.91 Å². The summed E-state index contributed by atoms with van der Waals surface area (Å²) >= 11 is 0. The van der Waals surface area contributed by atoms with Crippen LogP contribution in [0.25, 0.3) is 11.4 Å². The van der Waals surface area contributed by atoms with E-state index in [0.29, 0.717) is 30.2 Å². The molecule has 0 saturated heterocycles. The topological polar surface area (TPSA) is 68.0 Å². The maximum atomic E-state index is 12.1. The second-order valence-electron chi connectivity index (χ2n) is 6.11. The lowest BCUT2D eigenvalue weighted by Crippen LogP contribution is -2.24. The van der Waals surface area contributed by atoms with Crippen molar-refractivity contribution in [3.05, 3.63) is 71.1 Å². The first-order valence-corrected chi connectivity index (χ1v) is 8.36. The summed E-state index contributed by atoms with van der Waals surface area (Å²) in [5.41, 5.74) is 3.88. The van der Waals surface area contributed by atoms with Gasteiger partial charge in [0.25, 0.3) is 5.91 Å². The van der Waals surface area contributed by atoms with Gasteiger partial charge in [-0.1, -0.05) is 52.7 Å². The average molecular weight is 335 g/mol. The van der Waals surface area contributed by atoms with E-state index < -0.39 is 0 Å². The molecule has 1 aromatic heterocycles. The highest BCUT2D eigenvalue weighted by Gasteiger charge is 2.09. The molecule has 5 heteroatoms. The lowest BCUT2D eigenvalue weighted by molar-refractivity contribution is 0.0953. The molecule has 3 aromatic rings. The van der Waals surface area contributed by atoms with Gasteiger partial charge in [-0.3, -0.25) is 4.79 Å². The van der Waals surface area contributed by atoms with Gasteiger partial charge in [-0.15, -0.1) is 0 Å². The smallest absolute Gasteiger partial charge is 0.251 e. The minimum Gasteiger partial charge on any atom is -0.352 e. The Morgan fingerprint density at radius 2 is 1.88 bits per heavy atom. The molecule has 0 radical (unpaired) electrons. The Labute approximate surface area is 147 Å². The highest BCUT2D eigenvalue weighted by molar-refractivity contribution is 5.94. The Hall–Kier alpha value is -2.95. The Balaban J connectivity index is 1.48.